The van der Waals surface area contributed by atoms with E-state index in [1.165, 1.54) is 23.1 Å². The third-order valence-electron chi connectivity index (χ3n) is 2.53. The van der Waals surface area contributed by atoms with E-state index in [1.54, 1.807) is 0 Å². The van der Waals surface area contributed by atoms with Gasteiger partial charge in [-0.3, -0.25) is 9.59 Å². The van der Waals surface area contributed by atoms with Gasteiger partial charge in [-0.15, -0.1) is 0 Å². The number of halogens is 1. The van der Waals surface area contributed by atoms with E-state index < -0.39 is 5.97 Å². The number of aryl methyl sites for hydroxylation is 1. The van der Waals surface area contributed by atoms with E-state index in [9.17, 15) is 14.0 Å². The number of carbonyl (C=O) groups is 2. The molecule has 16 heavy (non-hydrogen) atoms. The van der Waals surface area contributed by atoms with Crippen LogP contribution in [-0.4, -0.2) is 23.5 Å². The maximum Gasteiger partial charge on any atom is 0.323 e. The molecule has 1 amide bonds. The van der Waals surface area contributed by atoms with Gasteiger partial charge >= 0.3 is 5.97 Å². The van der Waals surface area contributed by atoms with Gasteiger partial charge in [0, 0.05) is 12.1 Å². The molecule has 0 saturated carbocycles. The van der Waals surface area contributed by atoms with Gasteiger partial charge in [-0.1, -0.05) is 0 Å². The third-order valence-corrected chi connectivity index (χ3v) is 2.53. The van der Waals surface area contributed by atoms with Crippen molar-refractivity contribution in [3.63, 3.8) is 0 Å². The van der Waals surface area contributed by atoms with Crippen LogP contribution in [-0.2, 0) is 16.0 Å². The second-order valence-corrected chi connectivity index (χ2v) is 3.65. The highest BCUT2D eigenvalue weighted by Gasteiger charge is 2.25. The van der Waals surface area contributed by atoms with Crippen LogP contribution in [0.4, 0.5) is 10.1 Å². The second kappa shape index (κ2) is 3.92. The van der Waals surface area contributed by atoms with Crippen molar-refractivity contribution in [1.82, 2.24) is 0 Å². The van der Waals surface area contributed by atoms with E-state index in [1.807, 2.05) is 0 Å². The van der Waals surface area contributed by atoms with Gasteiger partial charge in [-0.05, 0) is 30.2 Å². The normalized spacial score (nSPS) is 14.8. The lowest BCUT2D eigenvalue weighted by atomic mass is 10.0. The average Bonchev–Trinajstić information content (AvgIpc) is 2.22. The highest BCUT2D eigenvalue weighted by molar-refractivity contribution is 5.99. The van der Waals surface area contributed by atoms with Gasteiger partial charge in [0.05, 0.1) is 0 Å². The highest BCUT2D eigenvalue weighted by atomic mass is 19.1. The maximum absolute atomic E-state index is 13.0. The van der Waals surface area contributed by atoms with Gasteiger partial charge in [0.15, 0.2) is 0 Å². The number of carbonyl (C=O) groups excluding carboxylic acids is 1. The first-order valence-corrected chi connectivity index (χ1v) is 4.88. The number of amides is 1. The molecule has 1 N–H and O–H groups in total. The Labute approximate surface area is 91.3 Å². The molecule has 1 aromatic carbocycles. The molecular weight excluding hydrogens is 213 g/mol. The zero-order valence-electron chi connectivity index (χ0n) is 8.44. The average molecular weight is 223 g/mol. The molecule has 0 aliphatic carbocycles. The minimum absolute atomic E-state index is 0.226. The van der Waals surface area contributed by atoms with Crippen molar-refractivity contribution in [3.05, 3.63) is 29.6 Å². The number of benzene rings is 1. The monoisotopic (exact) mass is 223 g/mol. The number of carboxylic acids is 1. The SMILES string of the molecule is O=C(O)CN1C(=O)CCc2cc(F)ccc21. The predicted molar refractivity (Wildman–Crippen MR) is 54.7 cm³/mol. The first-order chi connectivity index (χ1) is 7.58. The van der Waals surface area contributed by atoms with E-state index in [-0.39, 0.29) is 24.7 Å². The fourth-order valence-electron chi connectivity index (χ4n) is 1.84. The number of carboxylic acid groups (broad SMARTS) is 1. The molecule has 1 aromatic rings. The lowest BCUT2D eigenvalue weighted by molar-refractivity contribution is -0.136. The lowest BCUT2D eigenvalue weighted by Crippen LogP contribution is -2.39. The Morgan fingerprint density at radius 2 is 2.19 bits per heavy atom. The Balaban J connectivity index is 2.40. The van der Waals surface area contributed by atoms with Crippen LogP contribution in [0, 0.1) is 5.82 Å². The molecule has 5 heteroatoms. The Morgan fingerprint density at radius 1 is 1.44 bits per heavy atom. The molecule has 0 bridgehead atoms. The molecule has 0 saturated heterocycles. The number of hydrogen-bond acceptors (Lipinski definition) is 2. The van der Waals surface area contributed by atoms with Crippen LogP contribution in [0.25, 0.3) is 0 Å². The lowest BCUT2D eigenvalue weighted by Gasteiger charge is -2.27. The molecule has 0 radical (unpaired) electrons. The summed E-state index contributed by atoms with van der Waals surface area (Å²) in [5.74, 6) is -1.68. The summed E-state index contributed by atoms with van der Waals surface area (Å²) in [6, 6.07) is 4.02. The second-order valence-electron chi connectivity index (χ2n) is 3.65. The summed E-state index contributed by atoms with van der Waals surface area (Å²) < 4.78 is 13.0. The zero-order valence-corrected chi connectivity index (χ0v) is 8.44. The third kappa shape index (κ3) is 1.88. The maximum atomic E-state index is 13.0. The summed E-state index contributed by atoms with van der Waals surface area (Å²) in [7, 11) is 0. The zero-order chi connectivity index (χ0) is 11.7. The van der Waals surface area contributed by atoms with Crippen LogP contribution in [0.3, 0.4) is 0 Å². The number of anilines is 1. The molecule has 0 aromatic heterocycles. The smallest absolute Gasteiger partial charge is 0.323 e. The van der Waals surface area contributed by atoms with Crippen LogP contribution in [0.2, 0.25) is 0 Å². The molecule has 84 valence electrons. The summed E-state index contributed by atoms with van der Waals surface area (Å²) in [4.78, 5) is 23.3. The minimum Gasteiger partial charge on any atom is -0.480 e. The van der Waals surface area contributed by atoms with E-state index in [2.05, 4.69) is 0 Å². The van der Waals surface area contributed by atoms with Gasteiger partial charge in [0.2, 0.25) is 5.91 Å². The highest BCUT2D eigenvalue weighted by Crippen LogP contribution is 2.28. The summed E-state index contributed by atoms with van der Waals surface area (Å²) in [6.45, 7) is -0.378. The van der Waals surface area contributed by atoms with E-state index >= 15 is 0 Å². The molecule has 2 rings (SSSR count). The number of hydrogen-bond donors (Lipinski definition) is 1. The van der Waals surface area contributed by atoms with Crippen LogP contribution in [0.15, 0.2) is 18.2 Å². The molecule has 1 aliphatic rings. The van der Waals surface area contributed by atoms with Crippen LogP contribution >= 0.6 is 0 Å². The molecule has 0 unspecified atom stereocenters. The summed E-state index contributed by atoms with van der Waals surface area (Å²) >= 11 is 0. The number of fused-ring (bicyclic) bond motifs is 1. The standard InChI is InChI=1S/C11H10FNO3/c12-8-2-3-9-7(5-8)1-4-10(14)13(9)6-11(15)16/h2-3,5H,1,4,6H2,(H,15,16). The van der Waals surface area contributed by atoms with Crippen molar-refractivity contribution in [3.8, 4) is 0 Å². The minimum atomic E-state index is -1.08. The Bertz CT molecular complexity index is 459. The summed E-state index contributed by atoms with van der Waals surface area (Å²) in [5.41, 5.74) is 1.18. The topological polar surface area (TPSA) is 57.6 Å². The molecular formula is C11H10FNO3. The number of nitrogens with zero attached hydrogens (tertiary/aromatic N) is 1. The van der Waals surface area contributed by atoms with Crippen molar-refractivity contribution in [2.24, 2.45) is 0 Å². The molecule has 1 aliphatic heterocycles. The molecule has 1 heterocycles. The van der Waals surface area contributed by atoms with Crippen molar-refractivity contribution in [1.29, 1.82) is 0 Å². The number of rotatable bonds is 2. The van der Waals surface area contributed by atoms with Crippen molar-refractivity contribution < 1.29 is 19.1 Å². The molecule has 0 spiro atoms. The van der Waals surface area contributed by atoms with Crippen molar-refractivity contribution in [2.45, 2.75) is 12.8 Å². The molecule has 4 nitrogen and oxygen atoms in total. The Hall–Kier alpha value is -1.91. The molecule has 0 fully saturated rings. The van der Waals surface area contributed by atoms with Crippen LogP contribution in [0.1, 0.15) is 12.0 Å². The van der Waals surface area contributed by atoms with Gasteiger partial charge in [-0.25, -0.2) is 4.39 Å². The Kier molecular flexibility index (Phi) is 2.60. The van der Waals surface area contributed by atoms with Gasteiger partial charge in [0.25, 0.3) is 0 Å². The van der Waals surface area contributed by atoms with E-state index in [0.29, 0.717) is 17.7 Å². The quantitative estimate of drug-likeness (QED) is 0.819. The van der Waals surface area contributed by atoms with E-state index in [0.717, 1.165) is 0 Å². The predicted octanol–water partition coefficient (Wildman–Crippen LogP) is 1.19. The fraction of sp³-hybridized carbons (Fsp3) is 0.273. The fourth-order valence-corrected chi connectivity index (χ4v) is 1.84. The van der Waals surface area contributed by atoms with Crippen LogP contribution in [0.5, 0.6) is 0 Å². The van der Waals surface area contributed by atoms with Gasteiger partial charge < -0.3 is 10.0 Å². The first-order valence-electron chi connectivity index (χ1n) is 4.88. The Morgan fingerprint density at radius 3 is 2.88 bits per heavy atom. The van der Waals surface area contributed by atoms with E-state index in [4.69, 9.17) is 5.11 Å². The molecule has 0 atom stereocenters. The largest absolute Gasteiger partial charge is 0.480 e. The van der Waals surface area contributed by atoms with Crippen LogP contribution < -0.4 is 4.90 Å². The van der Waals surface area contributed by atoms with Gasteiger partial charge in [-0.2, -0.15) is 0 Å². The summed E-state index contributed by atoms with van der Waals surface area (Å²) in [5, 5.41) is 8.70. The first kappa shape index (κ1) is 10.6. The van der Waals surface area contributed by atoms with Gasteiger partial charge in [0.1, 0.15) is 12.4 Å². The van der Waals surface area contributed by atoms with Crippen molar-refractivity contribution in [2.75, 3.05) is 11.4 Å². The number of aliphatic carboxylic acids is 1. The van der Waals surface area contributed by atoms with Crippen molar-refractivity contribution >= 4 is 17.6 Å². The summed E-state index contributed by atoms with van der Waals surface area (Å²) in [6.07, 6.45) is 0.686.